The molecule has 2 aliphatic rings. The third-order valence-electron chi connectivity index (χ3n) is 4.23. The summed E-state index contributed by atoms with van der Waals surface area (Å²) >= 11 is 0. The molecule has 2 fully saturated rings. The molecule has 1 heterocycles. The topological polar surface area (TPSA) is 66.8 Å². The van der Waals surface area contributed by atoms with Gasteiger partial charge in [-0.05, 0) is 6.42 Å². The average molecular weight is 268 g/mol. The number of ether oxygens (including phenoxy) is 1. The molecule has 1 aliphatic carbocycles. The van der Waals surface area contributed by atoms with Gasteiger partial charge in [0.05, 0.1) is 18.6 Å². The summed E-state index contributed by atoms with van der Waals surface area (Å²) in [6.07, 6.45) is 7.58. The third kappa shape index (κ3) is 3.57. The van der Waals surface area contributed by atoms with Gasteiger partial charge in [0.1, 0.15) is 6.10 Å². The predicted molar refractivity (Wildman–Crippen MR) is 71.4 cm³/mol. The number of aliphatic hydroxyl groups excluding tert-OH is 2. The van der Waals surface area contributed by atoms with Crippen LogP contribution in [0.15, 0.2) is 12.2 Å². The van der Waals surface area contributed by atoms with Crippen molar-refractivity contribution in [1.82, 2.24) is 0 Å². The zero-order chi connectivity index (χ0) is 13.8. The standard InChI is InChI=1S/C15H24O4/c1-2-3-4-5-10(16)6-7-11-12-8-15(18)19-14(12)9-13(11)17/h6-7,10-14,16-17H,2-5,8-9H2,1H3/b7-6+/t10-,11-,12-,13+,14-/m1/s1. The highest BCUT2D eigenvalue weighted by molar-refractivity contribution is 5.72. The number of hydrogen-bond acceptors (Lipinski definition) is 4. The minimum Gasteiger partial charge on any atom is -0.462 e. The second-order valence-corrected chi connectivity index (χ2v) is 5.72. The zero-order valence-corrected chi connectivity index (χ0v) is 11.5. The van der Waals surface area contributed by atoms with Gasteiger partial charge in [0.2, 0.25) is 0 Å². The van der Waals surface area contributed by atoms with Crippen molar-refractivity contribution < 1.29 is 19.7 Å². The van der Waals surface area contributed by atoms with Crippen molar-refractivity contribution in [1.29, 1.82) is 0 Å². The Kier molecular flexibility index (Phi) is 4.99. The van der Waals surface area contributed by atoms with Gasteiger partial charge in [-0.3, -0.25) is 4.79 Å². The zero-order valence-electron chi connectivity index (χ0n) is 11.5. The highest BCUT2D eigenvalue weighted by Crippen LogP contribution is 2.42. The molecule has 4 heteroatoms. The molecule has 0 spiro atoms. The van der Waals surface area contributed by atoms with Crippen molar-refractivity contribution in [3.8, 4) is 0 Å². The van der Waals surface area contributed by atoms with Crippen LogP contribution in [0, 0.1) is 11.8 Å². The van der Waals surface area contributed by atoms with E-state index in [9.17, 15) is 15.0 Å². The van der Waals surface area contributed by atoms with Crippen LogP contribution in [0.25, 0.3) is 0 Å². The summed E-state index contributed by atoms with van der Waals surface area (Å²) in [5, 5.41) is 19.8. The van der Waals surface area contributed by atoms with E-state index in [-0.39, 0.29) is 23.9 Å². The van der Waals surface area contributed by atoms with Crippen LogP contribution in [-0.2, 0) is 9.53 Å². The van der Waals surface area contributed by atoms with E-state index < -0.39 is 12.2 Å². The Bertz CT molecular complexity index is 339. The maximum atomic E-state index is 11.2. The van der Waals surface area contributed by atoms with E-state index in [2.05, 4.69) is 6.92 Å². The van der Waals surface area contributed by atoms with Crippen LogP contribution in [0.2, 0.25) is 0 Å². The molecule has 0 radical (unpaired) electrons. The van der Waals surface area contributed by atoms with E-state index in [4.69, 9.17) is 4.74 Å². The summed E-state index contributed by atoms with van der Waals surface area (Å²) in [5.41, 5.74) is 0. The smallest absolute Gasteiger partial charge is 0.306 e. The molecule has 0 unspecified atom stereocenters. The first-order valence-electron chi connectivity index (χ1n) is 7.35. The van der Waals surface area contributed by atoms with Crippen LogP contribution in [-0.4, -0.2) is 34.5 Å². The Morgan fingerprint density at radius 1 is 1.47 bits per heavy atom. The molecule has 0 aromatic rings. The molecule has 2 N–H and O–H groups in total. The number of fused-ring (bicyclic) bond motifs is 1. The third-order valence-corrected chi connectivity index (χ3v) is 4.23. The fraction of sp³-hybridized carbons (Fsp3) is 0.800. The van der Waals surface area contributed by atoms with E-state index in [1.807, 2.05) is 6.08 Å². The van der Waals surface area contributed by atoms with Gasteiger partial charge in [0.15, 0.2) is 0 Å². The maximum absolute atomic E-state index is 11.2. The number of rotatable bonds is 6. The van der Waals surface area contributed by atoms with Gasteiger partial charge in [-0.25, -0.2) is 0 Å². The molecule has 4 nitrogen and oxygen atoms in total. The number of esters is 1. The predicted octanol–water partition coefficient (Wildman–Crippen LogP) is 1.80. The van der Waals surface area contributed by atoms with Crippen LogP contribution < -0.4 is 0 Å². The van der Waals surface area contributed by atoms with Gasteiger partial charge >= 0.3 is 5.97 Å². The fourth-order valence-corrected chi connectivity index (χ4v) is 3.14. The summed E-state index contributed by atoms with van der Waals surface area (Å²) in [4.78, 5) is 11.2. The number of unbranched alkanes of at least 4 members (excludes halogenated alkanes) is 2. The summed E-state index contributed by atoms with van der Waals surface area (Å²) in [6.45, 7) is 2.13. The minimum absolute atomic E-state index is 0.0581. The van der Waals surface area contributed by atoms with Gasteiger partial charge < -0.3 is 14.9 Å². The molecule has 2 rings (SSSR count). The Balaban J connectivity index is 1.85. The van der Waals surface area contributed by atoms with E-state index in [1.54, 1.807) is 6.08 Å². The summed E-state index contributed by atoms with van der Waals surface area (Å²) in [7, 11) is 0. The second kappa shape index (κ2) is 6.53. The Hall–Kier alpha value is -0.870. The van der Waals surface area contributed by atoms with E-state index in [0.717, 1.165) is 25.7 Å². The van der Waals surface area contributed by atoms with Gasteiger partial charge in [0.25, 0.3) is 0 Å². The maximum Gasteiger partial charge on any atom is 0.306 e. The van der Waals surface area contributed by atoms with Crippen molar-refractivity contribution in [2.24, 2.45) is 11.8 Å². The van der Waals surface area contributed by atoms with Crippen LogP contribution in [0.4, 0.5) is 0 Å². The van der Waals surface area contributed by atoms with Gasteiger partial charge in [-0.1, -0.05) is 38.3 Å². The lowest BCUT2D eigenvalue weighted by molar-refractivity contribution is -0.141. The highest BCUT2D eigenvalue weighted by atomic mass is 16.6. The quantitative estimate of drug-likeness (QED) is 0.438. The van der Waals surface area contributed by atoms with E-state index in [1.165, 1.54) is 0 Å². The second-order valence-electron chi connectivity index (χ2n) is 5.72. The first kappa shape index (κ1) is 14.5. The van der Waals surface area contributed by atoms with Gasteiger partial charge in [-0.15, -0.1) is 0 Å². The Morgan fingerprint density at radius 2 is 2.26 bits per heavy atom. The molecule has 108 valence electrons. The van der Waals surface area contributed by atoms with Crippen LogP contribution in [0.3, 0.4) is 0 Å². The lowest BCUT2D eigenvalue weighted by Crippen LogP contribution is -2.18. The van der Waals surface area contributed by atoms with Crippen molar-refractivity contribution in [2.45, 2.75) is 63.8 Å². The Labute approximate surface area is 114 Å². The summed E-state index contributed by atoms with van der Waals surface area (Å²) in [6, 6.07) is 0. The van der Waals surface area contributed by atoms with Crippen molar-refractivity contribution in [3.05, 3.63) is 12.2 Å². The largest absolute Gasteiger partial charge is 0.462 e. The number of carbonyl (C=O) groups excluding carboxylic acids is 1. The summed E-state index contributed by atoms with van der Waals surface area (Å²) < 4.78 is 5.18. The molecule has 0 bridgehead atoms. The Morgan fingerprint density at radius 3 is 3.00 bits per heavy atom. The number of hydrogen-bond donors (Lipinski definition) is 2. The van der Waals surface area contributed by atoms with Gasteiger partial charge in [-0.2, -0.15) is 0 Å². The molecule has 1 saturated carbocycles. The number of aliphatic hydroxyl groups is 2. The molecular formula is C15H24O4. The lowest BCUT2D eigenvalue weighted by atomic mass is 9.91. The average Bonchev–Trinajstić information content (AvgIpc) is 2.82. The minimum atomic E-state index is -0.456. The van der Waals surface area contributed by atoms with E-state index >= 15 is 0 Å². The van der Waals surface area contributed by atoms with Crippen LogP contribution in [0.5, 0.6) is 0 Å². The monoisotopic (exact) mass is 268 g/mol. The van der Waals surface area contributed by atoms with Crippen LogP contribution >= 0.6 is 0 Å². The molecule has 1 aliphatic heterocycles. The summed E-state index contributed by atoms with van der Waals surface area (Å²) in [5.74, 6) is -0.136. The lowest BCUT2D eigenvalue weighted by Gasteiger charge is -2.15. The van der Waals surface area contributed by atoms with Crippen molar-refractivity contribution >= 4 is 5.97 Å². The molecule has 0 aromatic heterocycles. The molecule has 0 amide bonds. The first-order valence-corrected chi connectivity index (χ1v) is 7.35. The molecular weight excluding hydrogens is 244 g/mol. The van der Waals surface area contributed by atoms with E-state index in [0.29, 0.717) is 12.8 Å². The highest BCUT2D eigenvalue weighted by Gasteiger charge is 2.48. The van der Waals surface area contributed by atoms with Gasteiger partial charge in [0, 0.05) is 18.3 Å². The first-order chi connectivity index (χ1) is 9.11. The number of carbonyl (C=O) groups is 1. The van der Waals surface area contributed by atoms with Crippen molar-refractivity contribution in [3.63, 3.8) is 0 Å². The molecule has 5 atom stereocenters. The molecule has 0 aromatic carbocycles. The van der Waals surface area contributed by atoms with Crippen molar-refractivity contribution in [2.75, 3.05) is 0 Å². The van der Waals surface area contributed by atoms with Crippen LogP contribution in [0.1, 0.15) is 45.4 Å². The fourth-order valence-electron chi connectivity index (χ4n) is 3.14. The molecule has 1 saturated heterocycles. The molecule has 19 heavy (non-hydrogen) atoms. The SMILES string of the molecule is CCCCC[C@@H](O)/C=C/[C@@H]1[C@H]2CC(=O)O[C@@H]2C[C@@H]1O. The normalized spacial score (nSPS) is 35.6.